The average Bonchev–Trinajstić information content (AvgIpc) is 2.68. The fourth-order valence-electron chi connectivity index (χ4n) is 3.95. The van der Waals surface area contributed by atoms with Gasteiger partial charge in [0.2, 0.25) is 0 Å². The van der Waals surface area contributed by atoms with Crippen molar-refractivity contribution in [2.75, 3.05) is 6.54 Å². The van der Waals surface area contributed by atoms with Crippen LogP contribution < -0.4 is 10.1 Å². The molecule has 5 heteroatoms. The van der Waals surface area contributed by atoms with Crippen molar-refractivity contribution in [3.8, 4) is 5.75 Å². The Morgan fingerprint density at radius 3 is 2.61 bits per heavy atom. The maximum absolute atomic E-state index is 12.9. The van der Waals surface area contributed by atoms with Gasteiger partial charge in [-0.25, -0.2) is 0 Å². The van der Waals surface area contributed by atoms with Crippen LogP contribution in [-0.4, -0.2) is 12.6 Å². The largest absolute Gasteiger partial charge is 0.490 e. The summed E-state index contributed by atoms with van der Waals surface area (Å²) in [6.07, 6.45) is -0.360. The highest BCUT2D eigenvalue weighted by Gasteiger charge is 2.31. The van der Waals surface area contributed by atoms with E-state index in [1.165, 1.54) is 11.6 Å². The van der Waals surface area contributed by atoms with Crippen LogP contribution >= 0.6 is 0 Å². The Hall–Kier alpha value is -2.01. The van der Waals surface area contributed by atoms with E-state index >= 15 is 0 Å². The van der Waals surface area contributed by atoms with Gasteiger partial charge < -0.3 is 10.1 Å². The van der Waals surface area contributed by atoms with Crippen LogP contribution in [0, 0.1) is 11.8 Å². The summed E-state index contributed by atoms with van der Waals surface area (Å²) in [5, 5.41) is 3.52. The smallest absolute Gasteiger partial charge is 0.416 e. The van der Waals surface area contributed by atoms with Gasteiger partial charge in [0, 0.05) is 6.54 Å². The fraction of sp³-hybridized carbons (Fsp3) is 0.478. The first-order valence-corrected chi connectivity index (χ1v) is 10.0. The number of benzene rings is 2. The molecule has 3 atom stereocenters. The lowest BCUT2D eigenvalue weighted by Gasteiger charge is -2.33. The van der Waals surface area contributed by atoms with Gasteiger partial charge in [-0.3, -0.25) is 0 Å². The van der Waals surface area contributed by atoms with Crippen molar-refractivity contribution in [3.05, 3.63) is 65.7 Å². The third-order valence-corrected chi connectivity index (χ3v) is 5.57. The van der Waals surface area contributed by atoms with E-state index < -0.39 is 11.7 Å². The summed E-state index contributed by atoms with van der Waals surface area (Å²) >= 11 is 0. The third-order valence-electron chi connectivity index (χ3n) is 5.57. The molecular formula is C23H28F3NO. The highest BCUT2D eigenvalue weighted by atomic mass is 19.4. The van der Waals surface area contributed by atoms with E-state index in [-0.39, 0.29) is 6.10 Å². The molecular weight excluding hydrogens is 363 g/mol. The normalized spacial score (nSPS) is 21.3. The maximum Gasteiger partial charge on any atom is 0.416 e. The molecule has 1 saturated carbocycles. The van der Waals surface area contributed by atoms with Gasteiger partial charge in [-0.05, 0) is 67.8 Å². The zero-order valence-corrected chi connectivity index (χ0v) is 16.2. The molecule has 1 N–H and O–H groups in total. The second kappa shape index (κ2) is 9.46. The number of rotatable bonds is 7. The Morgan fingerprint density at radius 2 is 1.86 bits per heavy atom. The Labute approximate surface area is 165 Å². The van der Waals surface area contributed by atoms with Crippen LogP contribution in [0.3, 0.4) is 0 Å². The zero-order valence-electron chi connectivity index (χ0n) is 16.2. The topological polar surface area (TPSA) is 21.3 Å². The monoisotopic (exact) mass is 391 g/mol. The molecule has 2 unspecified atom stereocenters. The quantitative estimate of drug-likeness (QED) is 0.619. The first-order valence-electron chi connectivity index (χ1n) is 10.0. The summed E-state index contributed by atoms with van der Waals surface area (Å²) in [6.45, 7) is 4.02. The predicted molar refractivity (Wildman–Crippen MR) is 105 cm³/mol. The van der Waals surface area contributed by atoms with Crippen LogP contribution in [-0.2, 0) is 12.7 Å². The second-order valence-electron chi connectivity index (χ2n) is 7.79. The summed E-state index contributed by atoms with van der Waals surface area (Å²) < 4.78 is 44.6. The molecule has 2 aromatic rings. The fourth-order valence-corrected chi connectivity index (χ4v) is 3.95. The Balaban J connectivity index is 1.49. The van der Waals surface area contributed by atoms with Crippen molar-refractivity contribution in [3.63, 3.8) is 0 Å². The van der Waals surface area contributed by atoms with Gasteiger partial charge in [0.1, 0.15) is 5.75 Å². The van der Waals surface area contributed by atoms with Crippen LogP contribution in [0.15, 0.2) is 54.6 Å². The number of halogens is 3. The van der Waals surface area contributed by atoms with Crippen LogP contribution in [0.5, 0.6) is 5.75 Å². The summed E-state index contributed by atoms with van der Waals surface area (Å²) in [4.78, 5) is 0. The van der Waals surface area contributed by atoms with Gasteiger partial charge >= 0.3 is 6.18 Å². The van der Waals surface area contributed by atoms with E-state index in [4.69, 9.17) is 4.74 Å². The van der Waals surface area contributed by atoms with Crippen molar-refractivity contribution in [2.24, 2.45) is 11.8 Å². The number of ether oxygens (including phenoxy) is 1. The second-order valence-corrected chi connectivity index (χ2v) is 7.79. The first-order chi connectivity index (χ1) is 13.4. The number of nitrogens with one attached hydrogen (secondary N) is 1. The minimum atomic E-state index is -4.34. The third kappa shape index (κ3) is 5.99. The van der Waals surface area contributed by atoms with Crippen LogP contribution in [0.25, 0.3) is 0 Å². The van der Waals surface area contributed by atoms with Gasteiger partial charge in [0.05, 0.1) is 11.7 Å². The summed E-state index contributed by atoms with van der Waals surface area (Å²) in [6, 6.07) is 15.5. The summed E-state index contributed by atoms with van der Waals surface area (Å²) in [5.74, 6) is 1.33. The average molecular weight is 391 g/mol. The van der Waals surface area contributed by atoms with Crippen molar-refractivity contribution >= 4 is 0 Å². The first kappa shape index (κ1) is 20.7. The van der Waals surface area contributed by atoms with Gasteiger partial charge in [0.25, 0.3) is 0 Å². The standard InChI is InChI=1S/C23H28F3NO/c1-17(15-27-16-18-7-3-2-4-8-18)19-9-5-11-21(13-19)28-22-12-6-10-20(14-22)23(24,25)26/h2-4,6-8,10,12,14,17,19,21,27H,5,9,11,13,15-16H2,1H3/t17?,19?,21-/m1/s1. The van der Waals surface area contributed by atoms with Crippen LogP contribution in [0.1, 0.15) is 43.7 Å². The molecule has 0 heterocycles. The Bertz CT molecular complexity index is 732. The Kier molecular flexibility index (Phi) is 7.00. The SMILES string of the molecule is CC(CNCc1ccccc1)C1CCC[C@@H](Oc2cccc(C(F)(F)F)c2)C1. The van der Waals surface area contributed by atoms with Crippen molar-refractivity contribution in [2.45, 2.75) is 51.4 Å². The molecule has 0 bridgehead atoms. The van der Waals surface area contributed by atoms with E-state index in [1.807, 2.05) is 18.2 Å². The molecule has 2 aromatic carbocycles. The zero-order chi connectivity index (χ0) is 20.0. The predicted octanol–water partition coefficient (Wildman–Crippen LogP) is 6.07. The van der Waals surface area contributed by atoms with E-state index in [0.29, 0.717) is 17.6 Å². The molecule has 1 aliphatic carbocycles. The molecule has 0 spiro atoms. The van der Waals surface area contributed by atoms with E-state index in [9.17, 15) is 13.2 Å². The van der Waals surface area contributed by atoms with Crippen LogP contribution in [0.2, 0.25) is 0 Å². The molecule has 1 aliphatic rings. The van der Waals surface area contributed by atoms with E-state index in [0.717, 1.165) is 50.9 Å². The van der Waals surface area contributed by atoms with E-state index in [1.54, 1.807) is 6.07 Å². The van der Waals surface area contributed by atoms with Crippen molar-refractivity contribution in [1.82, 2.24) is 5.32 Å². The highest BCUT2D eigenvalue weighted by Crippen LogP contribution is 2.35. The maximum atomic E-state index is 12.9. The van der Waals surface area contributed by atoms with Gasteiger partial charge in [-0.2, -0.15) is 13.2 Å². The molecule has 1 fully saturated rings. The van der Waals surface area contributed by atoms with E-state index in [2.05, 4.69) is 24.4 Å². The Morgan fingerprint density at radius 1 is 1.07 bits per heavy atom. The van der Waals surface area contributed by atoms with Gasteiger partial charge in [-0.1, -0.05) is 43.3 Å². The van der Waals surface area contributed by atoms with Crippen LogP contribution in [0.4, 0.5) is 13.2 Å². The minimum Gasteiger partial charge on any atom is -0.490 e. The van der Waals surface area contributed by atoms with Gasteiger partial charge in [0.15, 0.2) is 0 Å². The number of hydrogen-bond acceptors (Lipinski definition) is 2. The molecule has 152 valence electrons. The molecule has 0 saturated heterocycles. The molecule has 0 aromatic heterocycles. The molecule has 3 rings (SSSR count). The lowest BCUT2D eigenvalue weighted by Crippen LogP contribution is -2.33. The summed E-state index contributed by atoms with van der Waals surface area (Å²) in [5.41, 5.74) is 0.611. The lowest BCUT2D eigenvalue weighted by atomic mass is 9.79. The molecule has 28 heavy (non-hydrogen) atoms. The van der Waals surface area contributed by atoms with Crippen molar-refractivity contribution in [1.29, 1.82) is 0 Å². The number of hydrogen-bond donors (Lipinski definition) is 1. The minimum absolute atomic E-state index is 0.0150. The molecule has 2 nitrogen and oxygen atoms in total. The number of alkyl halides is 3. The highest BCUT2D eigenvalue weighted by molar-refractivity contribution is 5.30. The lowest BCUT2D eigenvalue weighted by molar-refractivity contribution is -0.137. The molecule has 0 amide bonds. The van der Waals surface area contributed by atoms with Crippen molar-refractivity contribution < 1.29 is 17.9 Å². The molecule has 0 radical (unpaired) electrons. The van der Waals surface area contributed by atoms with Gasteiger partial charge in [-0.15, -0.1) is 0 Å². The molecule has 0 aliphatic heterocycles. The summed E-state index contributed by atoms with van der Waals surface area (Å²) in [7, 11) is 0.